The van der Waals surface area contributed by atoms with Crippen LogP contribution in [0.15, 0.2) is 0 Å². The van der Waals surface area contributed by atoms with Crippen molar-refractivity contribution in [2.75, 3.05) is 0 Å². The number of hydrogen-bond donors (Lipinski definition) is 0. The average Bonchev–Trinajstić information content (AvgIpc) is 2.08. The Morgan fingerprint density at radius 1 is 1.00 bits per heavy atom. The fourth-order valence-electron chi connectivity index (χ4n) is 0.550. The Bertz CT molecular complexity index is 369. The van der Waals surface area contributed by atoms with Crippen molar-refractivity contribution in [3.63, 3.8) is 0 Å². The molecular weight excluding hydrogens is 242 g/mol. The van der Waals surface area contributed by atoms with Crippen LogP contribution in [0.5, 0.6) is 0 Å². The first-order chi connectivity index (χ1) is 5.57. The van der Waals surface area contributed by atoms with E-state index >= 15 is 0 Å². The normalized spacial score (nSPS) is 9.58. The maximum Gasteiger partial charge on any atom is 0.291 e. The second-order valence-electron chi connectivity index (χ2n) is 1.78. The highest BCUT2D eigenvalue weighted by Crippen LogP contribution is 2.39. The molecule has 0 aliphatic carbocycles. The van der Waals surface area contributed by atoms with Crippen LogP contribution in [0.3, 0.4) is 0 Å². The van der Waals surface area contributed by atoms with Crippen LogP contribution in [0, 0.1) is 6.57 Å². The molecule has 0 aliphatic rings. The second kappa shape index (κ2) is 3.67. The number of aromatic nitrogens is 1. The summed E-state index contributed by atoms with van der Waals surface area (Å²) in [5.41, 5.74) is 0. The van der Waals surface area contributed by atoms with Gasteiger partial charge in [-0.15, -0.1) is 4.98 Å². The van der Waals surface area contributed by atoms with Gasteiger partial charge in [0, 0.05) is 0 Å². The highest BCUT2D eigenvalue weighted by molar-refractivity contribution is 6.52. The van der Waals surface area contributed by atoms with Gasteiger partial charge >= 0.3 is 0 Å². The van der Waals surface area contributed by atoms with Crippen LogP contribution in [0.2, 0.25) is 20.2 Å². The van der Waals surface area contributed by atoms with Crippen molar-refractivity contribution in [2.24, 2.45) is 0 Å². The van der Waals surface area contributed by atoms with E-state index in [9.17, 15) is 0 Å². The van der Waals surface area contributed by atoms with Gasteiger partial charge in [0.2, 0.25) is 5.15 Å². The molecule has 1 heterocycles. The first kappa shape index (κ1) is 9.88. The highest BCUT2D eigenvalue weighted by Gasteiger charge is 2.16. The van der Waals surface area contributed by atoms with Crippen LogP contribution < -0.4 is 0 Å². The molecule has 2 nitrogen and oxygen atoms in total. The molecule has 6 heteroatoms. The second-order valence-corrected chi connectivity index (χ2v) is 3.27. The van der Waals surface area contributed by atoms with E-state index in [-0.39, 0.29) is 26.0 Å². The van der Waals surface area contributed by atoms with Gasteiger partial charge in [0.05, 0.1) is 10.0 Å². The molecule has 1 rings (SSSR count). The van der Waals surface area contributed by atoms with E-state index in [2.05, 4.69) is 9.83 Å². The maximum absolute atomic E-state index is 6.67. The molecule has 0 radical (unpaired) electrons. The van der Waals surface area contributed by atoms with E-state index in [0.29, 0.717) is 0 Å². The Morgan fingerprint density at radius 2 is 1.58 bits per heavy atom. The largest absolute Gasteiger partial charge is 0.359 e. The van der Waals surface area contributed by atoms with Gasteiger partial charge in [0.15, 0.2) is 0 Å². The molecule has 0 fully saturated rings. The lowest BCUT2D eigenvalue weighted by Gasteiger charge is -1.99. The van der Waals surface area contributed by atoms with Crippen molar-refractivity contribution in [3.05, 3.63) is 31.6 Å². The van der Waals surface area contributed by atoms with Crippen molar-refractivity contribution >= 4 is 52.2 Å². The Labute approximate surface area is 88.8 Å². The van der Waals surface area contributed by atoms with Gasteiger partial charge in [-0.1, -0.05) is 41.4 Å². The zero-order chi connectivity index (χ0) is 9.30. The van der Waals surface area contributed by atoms with E-state index in [1.807, 2.05) is 0 Å². The van der Waals surface area contributed by atoms with Crippen molar-refractivity contribution in [3.8, 4) is 0 Å². The molecular formula is C6Cl4N2. The third-order valence-corrected chi connectivity index (χ3v) is 2.74. The molecule has 12 heavy (non-hydrogen) atoms. The van der Waals surface area contributed by atoms with Gasteiger partial charge < -0.3 is 4.85 Å². The predicted octanol–water partition coefficient (Wildman–Crippen LogP) is 4.25. The third-order valence-electron chi connectivity index (χ3n) is 1.07. The first-order valence-corrected chi connectivity index (χ1v) is 4.16. The molecule has 0 aromatic carbocycles. The first-order valence-electron chi connectivity index (χ1n) is 2.65. The van der Waals surface area contributed by atoms with Gasteiger partial charge in [-0.05, 0) is 11.6 Å². The summed E-state index contributed by atoms with van der Waals surface area (Å²) in [4.78, 5) is 6.63. The maximum atomic E-state index is 6.67. The van der Waals surface area contributed by atoms with E-state index in [1.165, 1.54) is 0 Å². The lowest BCUT2D eigenvalue weighted by atomic mass is 10.4. The summed E-state index contributed by atoms with van der Waals surface area (Å²) in [6, 6.07) is 0. The third kappa shape index (κ3) is 1.60. The predicted molar refractivity (Wildman–Crippen MR) is 50.5 cm³/mol. The molecule has 0 N–H and O–H groups in total. The van der Waals surface area contributed by atoms with Crippen molar-refractivity contribution < 1.29 is 0 Å². The summed E-state index contributed by atoms with van der Waals surface area (Å²) >= 11 is 22.4. The zero-order valence-electron chi connectivity index (χ0n) is 5.41. The summed E-state index contributed by atoms with van der Waals surface area (Å²) in [5, 5.41) is 0.137. The Morgan fingerprint density at radius 3 is 2.08 bits per heavy atom. The highest BCUT2D eigenvalue weighted by atomic mass is 35.5. The smallest absolute Gasteiger partial charge is 0.291 e. The summed E-state index contributed by atoms with van der Waals surface area (Å²) < 4.78 is 0. The van der Waals surface area contributed by atoms with Gasteiger partial charge in [-0.25, -0.2) is 0 Å². The zero-order valence-corrected chi connectivity index (χ0v) is 8.43. The van der Waals surface area contributed by atoms with E-state index < -0.39 is 0 Å². The van der Waals surface area contributed by atoms with Crippen molar-refractivity contribution in [2.45, 2.75) is 0 Å². The quantitative estimate of drug-likeness (QED) is 0.491. The minimum Gasteiger partial charge on any atom is -0.359 e. The van der Waals surface area contributed by atoms with E-state index in [1.54, 1.807) is 0 Å². The fraction of sp³-hybridized carbons (Fsp3) is 0. The summed E-state index contributed by atoms with van der Waals surface area (Å²) in [7, 11) is 0. The standard InChI is InChI=1S/C6Cl4N2/c1-11-6-4(9)2(7)3(8)5(10)12-6. The molecule has 0 spiro atoms. The molecule has 1 aromatic rings. The molecule has 62 valence electrons. The minimum absolute atomic E-state index is 0.0166. The lowest BCUT2D eigenvalue weighted by Crippen LogP contribution is -1.80. The Hall–Kier alpha value is -0.200. The lowest BCUT2D eigenvalue weighted by molar-refractivity contribution is 1.35. The Balaban J connectivity index is 3.52. The van der Waals surface area contributed by atoms with Crippen LogP contribution in [0.4, 0.5) is 5.82 Å². The molecule has 0 aliphatic heterocycles. The van der Waals surface area contributed by atoms with Gasteiger partial charge in [-0.2, -0.15) is 0 Å². The topological polar surface area (TPSA) is 17.2 Å². The molecule has 0 unspecified atom stereocenters. The number of nitrogens with zero attached hydrogens (tertiary/aromatic N) is 2. The van der Waals surface area contributed by atoms with Gasteiger partial charge in [0.1, 0.15) is 5.02 Å². The molecule has 0 atom stereocenters. The van der Waals surface area contributed by atoms with Crippen LogP contribution in [-0.2, 0) is 0 Å². The van der Waals surface area contributed by atoms with Crippen molar-refractivity contribution in [1.29, 1.82) is 0 Å². The molecule has 0 saturated heterocycles. The molecule has 0 bridgehead atoms. The number of rotatable bonds is 0. The number of pyridine rings is 1. The molecule has 0 saturated carbocycles. The van der Waals surface area contributed by atoms with Crippen LogP contribution in [0.1, 0.15) is 0 Å². The van der Waals surface area contributed by atoms with E-state index in [4.69, 9.17) is 53.0 Å². The van der Waals surface area contributed by atoms with Gasteiger partial charge in [-0.3, -0.25) is 0 Å². The summed E-state index contributed by atoms with van der Waals surface area (Å²) in [6.07, 6.45) is 0. The van der Waals surface area contributed by atoms with Crippen LogP contribution in [0.25, 0.3) is 4.85 Å². The summed E-state index contributed by atoms with van der Waals surface area (Å²) in [5.74, 6) is -0.0453. The Kier molecular flexibility index (Phi) is 3.03. The molecule has 1 aromatic heterocycles. The summed E-state index contributed by atoms with van der Waals surface area (Å²) in [6.45, 7) is 6.67. The monoisotopic (exact) mass is 240 g/mol. The number of halogens is 4. The fourth-order valence-corrected chi connectivity index (χ4v) is 1.31. The minimum atomic E-state index is -0.0453. The van der Waals surface area contributed by atoms with Gasteiger partial charge in [0.25, 0.3) is 5.82 Å². The SMILES string of the molecule is [C-]#[N+]c1nc(Cl)c(Cl)c(Cl)c1Cl. The van der Waals surface area contributed by atoms with E-state index in [0.717, 1.165) is 0 Å². The van der Waals surface area contributed by atoms with Crippen molar-refractivity contribution in [1.82, 2.24) is 4.98 Å². The molecule has 0 amide bonds. The number of hydrogen-bond acceptors (Lipinski definition) is 1. The van der Waals surface area contributed by atoms with Crippen LogP contribution in [-0.4, -0.2) is 4.98 Å². The average molecular weight is 242 g/mol. The van der Waals surface area contributed by atoms with Crippen LogP contribution >= 0.6 is 46.4 Å².